The number of ether oxygens (including phenoxy) is 1. The van der Waals surface area contributed by atoms with E-state index in [2.05, 4.69) is 4.74 Å². The van der Waals surface area contributed by atoms with Crippen LogP contribution < -0.4 is 0 Å². The Labute approximate surface area is 100 Å². The highest BCUT2D eigenvalue weighted by Crippen LogP contribution is 2.26. The maximum absolute atomic E-state index is 11.4. The highest BCUT2D eigenvalue weighted by atomic mass is 16.5. The average molecular weight is 239 g/mol. The number of carbonyl (C=O) groups excluding carboxylic acids is 1. The molecule has 0 spiro atoms. The molecule has 0 amide bonds. The number of esters is 1. The predicted octanol–water partition coefficient (Wildman–Crippen LogP) is 1.64. The molecule has 94 valence electrons. The fourth-order valence-corrected chi connectivity index (χ4v) is 1.90. The van der Waals surface area contributed by atoms with Crippen molar-refractivity contribution in [2.45, 2.75) is 19.8 Å². The van der Waals surface area contributed by atoms with Gasteiger partial charge in [-0.3, -0.25) is 4.79 Å². The minimum atomic E-state index is -0.891. The van der Waals surface area contributed by atoms with E-state index in [4.69, 9.17) is 0 Å². The zero-order valence-corrected chi connectivity index (χ0v) is 10.4. The van der Waals surface area contributed by atoms with Gasteiger partial charge in [0.05, 0.1) is 13.0 Å². The van der Waals surface area contributed by atoms with Gasteiger partial charge in [0.2, 0.25) is 0 Å². The number of nitrogens with zero attached hydrogens (tertiary/aromatic N) is 1. The molecule has 1 rings (SSSR count). The van der Waals surface area contributed by atoms with Gasteiger partial charge in [0.1, 0.15) is 5.69 Å². The van der Waals surface area contributed by atoms with Gasteiger partial charge in [-0.15, -0.1) is 0 Å². The van der Waals surface area contributed by atoms with Gasteiger partial charge in [-0.05, 0) is 18.1 Å². The van der Waals surface area contributed by atoms with E-state index in [1.807, 2.05) is 13.8 Å². The second-order valence-electron chi connectivity index (χ2n) is 4.25. The highest BCUT2D eigenvalue weighted by Gasteiger charge is 2.27. The topological polar surface area (TPSA) is 68.5 Å². The summed E-state index contributed by atoms with van der Waals surface area (Å²) in [5.74, 6) is -2.03. The van der Waals surface area contributed by atoms with Crippen LogP contribution in [-0.2, 0) is 16.6 Å². The van der Waals surface area contributed by atoms with Crippen LogP contribution in [0.2, 0.25) is 0 Å². The van der Waals surface area contributed by atoms with Crippen molar-refractivity contribution in [3.8, 4) is 0 Å². The number of carboxylic acid groups (broad SMARTS) is 1. The molecule has 0 aliphatic carbocycles. The van der Waals surface area contributed by atoms with Gasteiger partial charge in [-0.25, -0.2) is 4.79 Å². The molecule has 1 unspecified atom stereocenters. The Morgan fingerprint density at radius 2 is 1.94 bits per heavy atom. The number of rotatable bonds is 4. The molecule has 0 fully saturated rings. The lowest BCUT2D eigenvalue weighted by Crippen LogP contribution is -2.21. The van der Waals surface area contributed by atoms with Gasteiger partial charge in [-0.2, -0.15) is 0 Å². The Hall–Kier alpha value is -1.78. The molecule has 0 aliphatic heterocycles. The minimum Gasteiger partial charge on any atom is -0.481 e. The van der Waals surface area contributed by atoms with E-state index >= 15 is 0 Å². The molecule has 0 aromatic carbocycles. The Morgan fingerprint density at radius 1 is 1.35 bits per heavy atom. The summed E-state index contributed by atoms with van der Waals surface area (Å²) < 4.78 is 6.20. The number of aromatic nitrogens is 1. The van der Waals surface area contributed by atoms with Gasteiger partial charge >= 0.3 is 11.9 Å². The van der Waals surface area contributed by atoms with E-state index in [1.54, 1.807) is 23.7 Å². The molecule has 1 heterocycles. The maximum Gasteiger partial charge on any atom is 0.354 e. The van der Waals surface area contributed by atoms with E-state index in [-0.39, 0.29) is 5.92 Å². The maximum atomic E-state index is 11.4. The van der Waals surface area contributed by atoms with Crippen LogP contribution >= 0.6 is 0 Å². The predicted molar refractivity (Wildman–Crippen MR) is 62.0 cm³/mol. The Balaban J connectivity index is 3.19. The first-order valence-electron chi connectivity index (χ1n) is 5.36. The summed E-state index contributed by atoms with van der Waals surface area (Å²) in [5.41, 5.74) is 0.960. The van der Waals surface area contributed by atoms with E-state index in [9.17, 15) is 14.7 Å². The summed E-state index contributed by atoms with van der Waals surface area (Å²) >= 11 is 0. The summed E-state index contributed by atoms with van der Waals surface area (Å²) in [5, 5.41) is 9.20. The molecular formula is C12H17NO4. The van der Waals surface area contributed by atoms with Crippen molar-refractivity contribution in [3.05, 3.63) is 23.5 Å². The third-order valence-electron chi connectivity index (χ3n) is 2.81. The third kappa shape index (κ3) is 2.49. The lowest BCUT2D eigenvalue weighted by atomic mass is 9.93. The highest BCUT2D eigenvalue weighted by molar-refractivity contribution is 5.88. The molecular weight excluding hydrogens is 222 g/mol. The molecule has 1 atom stereocenters. The molecule has 5 heteroatoms. The quantitative estimate of drug-likeness (QED) is 0.811. The molecule has 0 saturated heterocycles. The SMILES string of the molecule is COC(=O)c1ccc(C(C(=O)O)C(C)C)n1C. The first-order chi connectivity index (χ1) is 7.90. The van der Waals surface area contributed by atoms with Crippen molar-refractivity contribution in [2.24, 2.45) is 13.0 Å². The Kier molecular flexibility index (Phi) is 3.93. The van der Waals surface area contributed by atoms with Crippen LogP contribution in [0.4, 0.5) is 0 Å². The number of aliphatic carboxylic acids is 1. The second kappa shape index (κ2) is 5.03. The number of hydrogen-bond donors (Lipinski definition) is 1. The van der Waals surface area contributed by atoms with Gasteiger partial charge in [0, 0.05) is 12.7 Å². The summed E-state index contributed by atoms with van der Waals surface area (Å²) in [6.07, 6.45) is 0. The van der Waals surface area contributed by atoms with Crippen LogP contribution in [0.5, 0.6) is 0 Å². The van der Waals surface area contributed by atoms with Gasteiger partial charge in [-0.1, -0.05) is 13.8 Å². The lowest BCUT2D eigenvalue weighted by molar-refractivity contribution is -0.140. The van der Waals surface area contributed by atoms with Gasteiger partial charge in [0.25, 0.3) is 0 Å². The molecule has 0 radical (unpaired) electrons. The summed E-state index contributed by atoms with van der Waals surface area (Å²) in [6.45, 7) is 3.67. The van der Waals surface area contributed by atoms with Crippen LogP contribution in [0.15, 0.2) is 12.1 Å². The molecule has 1 aromatic heterocycles. The van der Waals surface area contributed by atoms with Crippen molar-refractivity contribution in [1.29, 1.82) is 0 Å². The second-order valence-corrected chi connectivity index (χ2v) is 4.25. The first kappa shape index (κ1) is 13.3. The summed E-state index contributed by atoms with van der Waals surface area (Å²) in [4.78, 5) is 22.6. The van der Waals surface area contributed by atoms with Crippen molar-refractivity contribution in [2.75, 3.05) is 7.11 Å². The van der Waals surface area contributed by atoms with Crippen molar-refractivity contribution in [1.82, 2.24) is 4.57 Å². The Morgan fingerprint density at radius 3 is 2.35 bits per heavy atom. The number of methoxy groups -OCH3 is 1. The van der Waals surface area contributed by atoms with Crippen molar-refractivity contribution in [3.63, 3.8) is 0 Å². The molecule has 0 aliphatic rings. The smallest absolute Gasteiger partial charge is 0.354 e. The van der Waals surface area contributed by atoms with E-state index in [0.29, 0.717) is 11.4 Å². The Bertz CT molecular complexity index is 434. The first-order valence-corrected chi connectivity index (χ1v) is 5.36. The largest absolute Gasteiger partial charge is 0.481 e. The molecule has 1 aromatic rings. The summed E-state index contributed by atoms with van der Waals surface area (Å²) in [6, 6.07) is 3.24. The minimum absolute atomic E-state index is 0.0494. The van der Waals surface area contributed by atoms with Crippen molar-refractivity contribution >= 4 is 11.9 Å². The van der Waals surface area contributed by atoms with Crippen LogP contribution in [0.3, 0.4) is 0 Å². The van der Waals surface area contributed by atoms with Crippen LogP contribution in [-0.4, -0.2) is 28.7 Å². The lowest BCUT2D eigenvalue weighted by Gasteiger charge is -2.17. The standard InChI is InChI=1S/C12H17NO4/c1-7(2)10(11(14)15)8-5-6-9(13(8)3)12(16)17-4/h5-7,10H,1-4H3,(H,14,15). The molecule has 17 heavy (non-hydrogen) atoms. The number of hydrogen-bond acceptors (Lipinski definition) is 3. The fraction of sp³-hybridized carbons (Fsp3) is 0.500. The average Bonchev–Trinajstić information content (AvgIpc) is 2.59. The van der Waals surface area contributed by atoms with Gasteiger partial charge < -0.3 is 14.4 Å². The molecule has 0 saturated carbocycles. The normalized spacial score (nSPS) is 12.5. The van der Waals surface area contributed by atoms with Crippen molar-refractivity contribution < 1.29 is 19.4 Å². The van der Waals surface area contributed by atoms with E-state index in [1.165, 1.54) is 7.11 Å². The number of carboxylic acids is 1. The van der Waals surface area contributed by atoms with E-state index < -0.39 is 17.9 Å². The van der Waals surface area contributed by atoms with Crippen LogP contribution in [0.1, 0.15) is 35.9 Å². The van der Waals surface area contributed by atoms with Crippen LogP contribution in [0.25, 0.3) is 0 Å². The molecule has 5 nitrogen and oxygen atoms in total. The van der Waals surface area contributed by atoms with Crippen LogP contribution in [0, 0.1) is 5.92 Å². The third-order valence-corrected chi connectivity index (χ3v) is 2.81. The zero-order valence-electron chi connectivity index (χ0n) is 10.4. The van der Waals surface area contributed by atoms with E-state index in [0.717, 1.165) is 0 Å². The molecule has 0 bridgehead atoms. The monoisotopic (exact) mass is 239 g/mol. The fourth-order valence-electron chi connectivity index (χ4n) is 1.90. The zero-order chi connectivity index (χ0) is 13.2. The summed E-state index contributed by atoms with van der Waals surface area (Å²) in [7, 11) is 2.96. The van der Waals surface area contributed by atoms with Gasteiger partial charge in [0.15, 0.2) is 0 Å². The number of carbonyl (C=O) groups is 2. The molecule has 1 N–H and O–H groups in total.